The van der Waals surface area contributed by atoms with E-state index in [-0.39, 0.29) is 34.5 Å². The van der Waals surface area contributed by atoms with Crippen LogP contribution < -0.4 is 9.47 Å². The van der Waals surface area contributed by atoms with Gasteiger partial charge in [-0.1, -0.05) is 24.3 Å². The molecule has 10 rings (SSSR count). The Labute approximate surface area is 290 Å². The van der Waals surface area contributed by atoms with Gasteiger partial charge in [-0.2, -0.15) is 0 Å². The predicted octanol–water partition coefficient (Wildman–Crippen LogP) is 8.85. The summed E-state index contributed by atoms with van der Waals surface area (Å²) in [5.74, 6) is 0.405. The molecule has 0 saturated carbocycles. The molecule has 9 nitrogen and oxygen atoms in total. The Morgan fingerprint density at radius 2 is 0.941 bits per heavy atom. The number of phenolic OH excluding ortho intramolecular Hbond substituents is 6. The lowest BCUT2D eigenvalue weighted by molar-refractivity contribution is 0.220. The van der Waals surface area contributed by atoms with Crippen molar-refractivity contribution < 1.29 is 44.5 Å². The average Bonchev–Trinajstić information content (AvgIpc) is 3.80. The highest BCUT2D eigenvalue weighted by atomic mass is 16.5. The second-order valence-electron chi connectivity index (χ2n) is 13.3. The highest BCUT2D eigenvalue weighted by Gasteiger charge is 2.48. The van der Waals surface area contributed by atoms with Gasteiger partial charge in [-0.15, -0.1) is 0 Å². The quantitative estimate of drug-likeness (QED) is 0.108. The summed E-state index contributed by atoms with van der Waals surface area (Å²) in [5, 5.41) is 65.1. The lowest BCUT2D eigenvalue weighted by Gasteiger charge is -2.25. The van der Waals surface area contributed by atoms with Gasteiger partial charge in [0.15, 0.2) is 0 Å². The van der Waals surface area contributed by atoms with E-state index in [9.17, 15) is 30.6 Å². The highest BCUT2D eigenvalue weighted by Crippen LogP contribution is 2.64. The number of benzene rings is 6. The van der Waals surface area contributed by atoms with E-state index in [1.165, 1.54) is 0 Å². The van der Waals surface area contributed by atoms with Crippen LogP contribution in [0, 0.1) is 0 Å². The van der Waals surface area contributed by atoms with Crippen LogP contribution in [0.5, 0.6) is 46.0 Å². The number of rotatable bonds is 3. The van der Waals surface area contributed by atoms with Gasteiger partial charge >= 0.3 is 0 Å². The van der Waals surface area contributed by atoms with Gasteiger partial charge < -0.3 is 44.5 Å². The molecule has 9 heteroatoms. The summed E-state index contributed by atoms with van der Waals surface area (Å²) in [7, 11) is 0. The van der Waals surface area contributed by atoms with Crippen molar-refractivity contribution in [1.82, 2.24) is 0 Å². The molecule has 6 aromatic carbocycles. The standard InChI is InChI=1S/C42H28O9/c43-22-7-1-19(2-8-22)40-37-28-13-25(46)17-32-35(28)39(42(50-32)21-5-11-24(45)12-6-21)30-15-27(48)18-33-36(30)38(29-14-26(47)16-31(49-40)34(29)37)41(51-33)20-3-9-23(44)10-4-20/h1-18,37-38,40-41,43-48H. The predicted molar refractivity (Wildman–Crippen MR) is 187 cm³/mol. The van der Waals surface area contributed by atoms with Crippen LogP contribution in [0.1, 0.15) is 57.4 Å². The summed E-state index contributed by atoms with van der Waals surface area (Å²) >= 11 is 0. The van der Waals surface area contributed by atoms with E-state index in [0.717, 1.165) is 27.8 Å². The Hall–Kier alpha value is -6.74. The normalized spacial score (nSPS) is 19.4. The van der Waals surface area contributed by atoms with E-state index < -0.39 is 24.0 Å². The lowest BCUT2D eigenvalue weighted by atomic mass is 9.76. The minimum Gasteiger partial charge on any atom is -0.508 e. The average molecular weight is 677 g/mol. The van der Waals surface area contributed by atoms with Crippen LogP contribution in [0.25, 0.3) is 33.4 Å². The van der Waals surface area contributed by atoms with Crippen LogP contribution in [0.3, 0.4) is 0 Å². The van der Waals surface area contributed by atoms with Gasteiger partial charge in [-0.25, -0.2) is 0 Å². The maximum Gasteiger partial charge on any atom is 0.143 e. The van der Waals surface area contributed by atoms with Crippen LogP contribution in [-0.2, 0) is 0 Å². The van der Waals surface area contributed by atoms with Crippen molar-refractivity contribution in [2.75, 3.05) is 0 Å². The third kappa shape index (κ3) is 4.27. The first-order chi connectivity index (χ1) is 24.7. The number of hydrogen-bond acceptors (Lipinski definition) is 9. The number of hydrogen-bond donors (Lipinski definition) is 6. The fourth-order valence-electron chi connectivity index (χ4n) is 8.32. The summed E-state index contributed by atoms with van der Waals surface area (Å²) in [5.41, 5.74) is 6.78. The van der Waals surface area contributed by atoms with E-state index in [1.54, 1.807) is 109 Å². The summed E-state index contributed by atoms with van der Waals surface area (Å²) in [6.07, 6.45) is -1.32. The number of aromatic hydroxyl groups is 6. The van der Waals surface area contributed by atoms with Gasteiger partial charge in [0.2, 0.25) is 0 Å². The van der Waals surface area contributed by atoms with Gasteiger partial charge in [0.1, 0.15) is 69.5 Å². The second kappa shape index (κ2) is 10.4. The van der Waals surface area contributed by atoms with E-state index >= 15 is 0 Å². The molecule has 6 N–H and O–H groups in total. The zero-order chi connectivity index (χ0) is 34.7. The Morgan fingerprint density at radius 3 is 1.55 bits per heavy atom. The largest absolute Gasteiger partial charge is 0.508 e. The number of fused-ring (bicyclic) bond motifs is 3. The van der Waals surface area contributed by atoms with Gasteiger partial charge in [0, 0.05) is 45.8 Å². The maximum atomic E-state index is 11.3. The zero-order valence-electron chi connectivity index (χ0n) is 26.6. The zero-order valence-corrected chi connectivity index (χ0v) is 26.6. The van der Waals surface area contributed by atoms with Crippen molar-refractivity contribution in [2.24, 2.45) is 0 Å². The molecular formula is C42H28O9. The van der Waals surface area contributed by atoms with E-state index in [1.807, 2.05) is 0 Å². The summed E-state index contributed by atoms with van der Waals surface area (Å²) in [4.78, 5) is 0. The molecule has 0 saturated heterocycles. The molecule has 51 heavy (non-hydrogen) atoms. The number of furan rings is 1. The molecule has 2 aliphatic heterocycles. The molecule has 0 fully saturated rings. The van der Waals surface area contributed by atoms with Crippen molar-refractivity contribution >= 4 is 11.0 Å². The maximum absolute atomic E-state index is 11.3. The van der Waals surface area contributed by atoms with Crippen LogP contribution in [0.15, 0.2) is 114 Å². The highest BCUT2D eigenvalue weighted by molar-refractivity contribution is 6.06. The third-order valence-electron chi connectivity index (χ3n) is 10.3. The van der Waals surface area contributed by atoms with Crippen LogP contribution in [0.2, 0.25) is 0 Å². The minimum absolute atomic E-state index is 0.0147. The summed E-state index contributed by atoms with van der Waals surface area (Å²) < 4.78 is 20.2. The molecule has 0 spiro atoms. The van der Waals surface area contributed by atoms with Crippen molar-refractivity contribution in [3.05, 3.63) is 143 Å². The molecule has 4 atom stereocenters. The Bertz CT molecular complexity index is 2550. The van der Waals surface area contributed by atoms with Crippen molar-refractivity contribution in [3.8, 4) is 68.4 Å². The van der Waals surface area contributed by atoms with E-state index in [2.05, 4.69) is 0 Å². The first kappa shape index (κ1) is 29.2. The van der Waals surface area contributed by atoms with Crippen LogP contribution in [0.4, 0.5) is 0 Å². The molecule has 1 aliphatic carbocycles. The van der Waals surface area contributed by atoms with Crippen LogP contribution >= 0.6 is 0 Å². The molecule has 3 heterocycles. The Morgan fingerprint density at radius 1 is 0.451 bits per heavy atom. The summed E-state index contributed by atoms with van der Waals surface area (Å²) in [6.45, 7) is 0. The molecule has 4 unspecified atom stereocenters. The first-order valence-electron chi connectivity index (χ1n) is 16.5. The molecule has 0 bridgehead atoms. The van der Waals surface area contributed by atoms with Gasteiger partial charge in [0.25, 0.3) is 0 Å². The Balaban J connectivity index is 1.38. The molecule has 250 valence electrons. The van der Waals surface area contributed by atoms with Gasteiger partial charge in [0.05, 0.1) is 11.8 Å². The fourth-order valence-corrected chi connectivity index (χ4v) is 8.32. The van der Waals surface area contributed by atoms with Crippen LogP contribution in [-0.4, -0.2) is 30.6 Å². The molecule has 0 amide bonds. The van der Waals surface area contributed by atoms with Gasteiger partial charge in [-0.05, 0) is 94.5 Å². The molecule has 7 aromatic rings. The fraction of sp³-hybridized carbons (Fsp3) is 0.0952. The molecular weight excluding hydrogens is 648 g/mol. The van der Waals surface area contributed by atoms with Crippen molar-refractivity contribution in [2.45, 2.75) is 24.0 Å². The third-order valence-corrected chi connectivity index (χ3v) is 10.3. The number of ether oxygens (including phenoxy) is 2. The monoisotopic (exact) mass is 676 g/mol. The second-order valence-corrected chi connectivity index (χ2v) is 13.3. The summed E-state index contributed by atoms with van der Waals surface area (Å²) in [6, 6.07) is 30.0. The van der Waals surface area contributed by atoms with Gasteiger partial charge in [-0.3, -0.25) is 0 Å². The van der Waals surface area contributed by atoms with Crippen molar-refractivity contribution in [1.29, 1.82) is 0 Å². The lowest BCUT2D eigenvalue weighted by Crippen LogP contribution is -2.16. The SMILES string of the molecule is Oc1ccc(-c2oc3cc(O)cc4c3c2-c2cc(O)cc3c2C(c2cc(O)cc5c2C4C(c2ccc(O)cc2)O5)C(c2ccc(O)cc2)O3)cc1. The number of phenols is 6. The first-order valence-corrected chi connectivity index (χ1v) is 16.5. The molecule has 1 aromatic heterocycles. The van der Waals surface area contributed by atoms with Crippen molar-refractivity contribution in [3.63, 3.8) is 0 Å². The molecule has 3 aliphatic rings. The Kier molecular flexibility index (Phi) is 5.94. The topological polar surface area (TPSA) is 153 Å². The minimum atomic E-state index is -0.658. The van der Waals surface area contributed by atoms with E-state index in [4.69, 9.17) is 13.9 Å². The smallest absolute Gasteiger partial charge is 0.143 e. The van der Waals surface area contributed by atoms with E-state index in [0.29, 0.717) is 50.5 Å². The molecule has 0 radical (unpaired) electrons.